The first kappa shape index (κ1) is 10.0. The van der Waals surface area contributed by atoms with E-state index < -0.39 is 0 Å². The fraction of sp³-hybridized carbons (Fsp3) is 1.00. The minimum absolute atomic E-state index is 0.446. The van der Waals surface area contributed by atoms with E-state index in [1.54, 1.807) is 0 Å². The SMILES string of the molecule is CCC1O[C@@H](C)[C@H](C)[C@@H](C)[C@@H]1C. The van der Waals surface area contributed by atoms with Crippen molar-refractivity contribution in [1.82, 2.24) is 0 Å². The molecule has 0 bridgehead atoms. The van der Waals surface area contributed by atoms with Gasteiger partial charge in [-0.2, -0.15) is 0 Å². The molecule has 0 aromatic rings. The minimum atomic E-state index is 0.446. The highest BCUT2D eigenvalue weighted by Crippen LogP contribution is 2.35. The normalized spacial score (nSPS) is 49.2. The lowest BCUT2D eigenvalue weighted by Crippen LogP contribution is -2.42. The first-order valence-corrected chi connectivity index (χ1v) is 5.23. The molecular weight excluding hydrogens is 148 g/mol. The van der Waals surface area contributed by atoms with Crippen LogP contribution >= 0.6 is 0 Å². The van der Waals surface area contributed by atoms with Crippen molar-refractivity contribution in [3.63, 3.8) is 0 Å². The van der Waals surface area contributed by atoms with Gasteiger partial charge in [-0.15, -0.1) is 0 Å². The van der Waals surface area contributed by atoms with E-state index in [0.29, 0.717) is 18.1 Å². The Hall–Kier alpha value is -0.0400. The summed E-state index contributed by atoms with van der Waals surface area (Å²) >= 11 is 0. The molecule has 0 aliphatic carbocycles. The summed E-state index contributed by atoms with van der Waals surface area (Å²) in [7, 11) is 0. The molecule has 1 nitrogen and oxygen atoms in total. The highest BCUT2D eigenvalue weighted by molar-refractivity contribution is 4.83. The van der Waals surface area contributed by atoms with E-state index in [9.17, 15) is 0 Å². The maximum atomic E-state index is 5.93. The van der Waals surface area contributed by atoms with Crippen LogP contribution in [-0.2, 0) is 4.74 Å². The molecule has 12 heavy (non-hydrogen) atoms. The van der Waals surface area contributed by atoms with Gasteiger partial charge in [0.05, 0.1) is 12.2 Å². The molecule has 1 rings (SSSR count). The van der Waals surface area contributed by atoms with Gasteiger partial charge in [0.25, 0.3) is 0 Å². The van der Waals surface area contributed by atoms with Crippen LogP contribution in [0.2, 0.25) is 0 Å². The zero-order valence-electron chi connectivity index (χ0n) is 9.00. The van der Waals surface area contributed by atoms with Gasteiger partial charge in [-0.05, 0) is 31.1 Å². The van der Waals surface area contributed by atoms with Crippen LogP contribution in [0.25, 0.3) is 0 Å². The van der Waals surface area contributed by atoms with Crippen LogP contribution in [0.4, 0.5) is 0 Å². The van der Waals surface area contributed by atoms with Gasteiger partial charge in [-0.25, -0.2) is 0 Å². The third-order valence-corrected chi connectivity index (χ3v) is 3.78. The van der Waals surface area contributed by atoms with Gasteiger partial charge < -0.3 is 4.74 Å². The second kappa shape index (κ2) is 3.78. The van der Waals surface area contributed by atoms with Crippen molar-refractivity contribution in [3.05, 3.63) is 0 Å². The molecule has 1 saturated heterocycles. The van der Waals surface area contributed by atoms with Crippen LogP contribution in [0.1, 0.15) is 41.0 Å². The second-order valence-corrected chi connectivity index (χ2v) is 4.37. The van der Waals surface area contributed by atoms with Gasteiger partial charge in [-0.3, -0.25) is 0 Å². The van der Waals surface area contributed by atoms with E-state index >= 15 is 0 Å². The Morgan fingerprint density at radius 2 is 1.50 bits per heavy atom. The van der Waals surface area contributed by atoms with Gasteiger partial charge in [0.2, 0.25) is 0 Å². The summed E-state index contributed by atoms with van der Waals surface area (Å²) in [6.07, 6.45) is 2.09. The van der Waals surface area contributed by atoms with Crippen molar-refractivity contribution in [2.45, 2.75) is 53.2 Å². The van der Waals surface area contributed by atoms with Crippen LogP contribution in [0.5, 0.6) is 0 Å². The lowest BCUT2D eigenvalue weighted by molar-refractivity contribution is -0.125. The molecule has 0 radical (unpaired) electrons. The molecule has 1 heteroatoms. The van der Waals surface area contributed by atoms with Gasteiger partial charge in [0.1, 0.15) is 0 Å². The fourth-order valence-electron chi connectivity index (χ4n) is 2.24. The monoisotopic (exact) mass is 170 g/mol. The fourth-order valence-corrected chi connectivity index (χ4v) is 2.24. The topological polar surface area (TPSA) is 9.23 Å². The smallest absolute Gasteiger partial charge is 0.0604 e. The molecule has 0 amide bonds. The Bertz CT molecular complexity index is 139. The van der Waals surface area contributed by atoms with Crippen molar-refractivity contribution in [2.24, 2.45) is 17.8 Å². The minimum Gasteiger partial charge on any atom is -0.375 e. The predicted octanol–water partition coefficient (Wildman–Crippen LogP) is 3.09. The molecule has 1 aliphatic heterocycles. The molecule has 1 fully saturated rings. The molecule has 1 unspecified atom stereocenters. The third-order valence-electron chi connectivity index (χ3n) is 3.78. The average molecular weight is 170 g/mol. The first-order chi connectivity index (χ1) is 5.57. The lowest BCUT2D eigenvalue weighted by Gasteiger charge is -2.42. The van der Waals surface area contributed by atoms with Gasteiger partial charge in [0.15, 0.2) is 0 Å². The van der Waals surface area contributed by atoms with E-state index in [1.165, 1.54) is 0 Å². The quantitative estimate of drug-likeness (QED) is 0.587. The molecular formula is C11H22O. The third kappa shape index (κ3) is 1.66. The van der Waals surface area contributed by atoms with Crippen LogP contribution in [0, 0.1) is 17.8 Å². The van der Waals surface area contributed by atoms with E-state index in [-0.39, 0.29) is 0 Å². The highest BCUT2D eigenvalue weighted by atomic mass is 16.5. The molecule has 1 heterocycles. The van der Waals surface area contributed by atoms with Crippen molar-refractivity contribution in [3.8, 4) is 0 Å². The number of rotatable bonds is 1. The van der Waals surface area contributed by atoms with Crippen molar-refractivity contribution in [1.29, 1.82) is 0 Å². The summed E-state index contributed by atoms with van der Waals surface area (Å²) in [6, 6.07) is 0. The van der Waals surface area contributed by atoms with E-state index in [2.05, 4.69) is 34.6 Å². The Balaban J connectivity index is 2.63. The van der Waals surface area contributed by atoms with Gasteiger partial charge >= 0.3 is 0 Å². The summed E-state index contributed by atoms with van der Waals surface area (Å²) in [5, 5.41) is 0. The molecule has 0 N–H and O–H groups in total. The van der Waals surface area contributed by atoms with Crippen molar-refractivity contribution >= 4 is 0 Å². The molecule has 1 aliphatic rings. The highest BCUT2D eigenvalue weighted by Gasteiger charge is 2.35. The number of ether oxygens (including phenoxy) is 1. The lowest BCUT2D eigenvalue weighted by atomic mass is 9.76. The van der Waals surface area contributed by atoms with Crippen molar-refractivity contribution in [2.75, 3.05) is 0 Å². The summed E-state index contributed by atoms with van der Waals surface area (Å²) in [5.41, 5.74) is 0. The summed E-state index contributed by atoms with van der Waals surface area (Å²) in [6.45, 7) is 11.4. The summed E-state index contributed by atoms with van der Waals surface area (Å²) in [5.74, 6) is 2.24. The molecule has 72 valence electrons. The molecule has 0 spiro atoms. The Morgan fingerprint density at radius 3 is 2.00 bits per heavy atom. The summed E-state index contributed by atoms with van der Waals surface area (Å²) in [4.78, 5) is 0. The largest absolute Gasteiger partial charge is 0.375 e. The molecule has 0 aromatic carbocycles. The predicted molar refractivity (Wildman–Crippen MR) is 52.1 cm³/mol. The number of hydrogen-bond acceptors (Lipinski definition) is 1. The maximum Gasteiger partial charge on any atom is 0.0604 e. The van der Waals surface area contributed by atoms with Crippen molar-refractivity contribution < 1.29 is 4.74 Å². The van der Waals surface area contributed by atoms with Crippen LogP contribution in [-0.4, -0.2) is 12.2 Å². The Morgan fingerprint density at radius 1 is 0.917 bits per heavy atom. The Kier molecular flexibility index (Phi) is 3.16. The first-order valence-electron chi connectivity index (χ1n) is 5.23. The summed E-state index contributed by atoms with van der Waals surface area (Å²) < 4.78 is 5.93. The van der Waals surface area contributed by atoms with Crippen LogP contribution in [0.15, 0.2) is 0 Å². The van der Waals surface area contributed by atoms with Gasteiger partial charge in [0, 0.05) is 0 Å². The van der Waals surface area contributed by atoms with Crippen LogP contribution < -0.4 is 0 Å². The van der Waals surface area contributed by atoms with E-state index in [0.717, 1.165) is 18.3 Å². The van der Waals surface area contributed by atoms with E-state index in [4.69, 9.17) is 4.74 Å². The standard InChI is InChI=1S/C11H22O/c1-6-11-9(4)7(2)8(3)10(5)12-11/h7-11H,6H2,1-5H3/t7-,8-,9+,10+,11?/m1/s1. The second-order valence-electron chi connectivity index (χ2n) is 4.37. The molecule has 0 saturated carbocycles. The van der Waals surface area contributed by atoms with Gasteiger partial charge in [-0.1, -0.05) is 27.7 Å². The number of hydrogen-bond donors (Lipinski definition) is 0. The Labute approximate surface area is 76.5 Å². The molecule has 5 atom stereocenters. The zero-order chi connectivity index (χ0) is 9.30. The zero-order valence-corrected chi connectivity index (χ0v) is 9.00. The average Bonchev–Trinajstić information content (AvgIpc) is 2.08. The maximum absolute atomic E-state index is 5.93. The van der Waals surface area contributed by atoms with E-state index in [1.807, 2.05) is 0 Å². The van der Waals surface area contributed by atoms with Crippen LogP contribution in [0.3, 0.4) is 0 Å². The molecule has 0 aromatic heterocycles.